The van der Waals surface area contributed by atoms with Crippen LogP contribution >= 0.6 is 0 Å². The number of ketones is 1. The minimum Gasteiger partial charge on any atom is -0.486 e. The fraction of sp³-hybridized carbons (Fsp3) is 0.409. The standard InChI is InChI=1S/C22H24FNO4/c23-17-7-5-15(6-8-17)22(26)16-9-11-24(12-10-16)21(25)13-18-14-27-19-3-1-2-4-20(19)28-18/h1-8,16,18,21,25H,9-14H2. The fourth-order valence-corrected chi connectivity index (χ4v) is 3.87. The Kier molecular flexibility index (Phi) is 5.59. The van der Waals surface area contributed by atoms with Crippen LogP contribution in [0.25, 0.3) is 0 Å². The van der Waals surface area contributed by atoms with E-state index in [1.165, 1.54) is 24.3 Å². The molecule has 2 unspecified atom stereocenters. The van der Waals surface area contributed by atoms with Gasteiger partial charge in [-0.2, -0.15) is 0 Å². The highest BCUT2D eigenvalue weighted by Crippen LogP contribution is 2.32. The van der Waals surface area contributed by atoms with E-state index in [1.807, 2.05) is 29.2 Å². The number of benzene rings is 2. The van der Waals surface area contributed by atoms with E-state index >= 15 is 0 Å². The van der Waals surface area contributed by atoms with Gasteiger partial charge in [-0.1, -0.05) is 12.1 Å². The summed E-state index contributed by atoms with van der Waals surface area (Å²) in [5.41, 5.74) is 0.548. The number of nitrogens with zero attached hydrogens (tertiary/aromatic N) is 1. The third-order valence-electron chi connectivity index (χ3n) is 5.49. The summed E-state index contributed by atoms with van der Waals surface area (Å²) >= 11 is 0. The van der Waals surface area contributed by atoms with E-state index in [0.29, 0.717) is 50.3 Å². The van der Waals surface area contributed by atoms with Gasteiger partial charge in [-0.05, 0) is 49.2 Å². The molecule has 6 heteroatoms. The van der Waals surface area contributed by atoms with Gasteiger partial charge in [0.1, 0.15) is 24.8 Å². The zero-order chi connectivity index (χ0) is 19.5. The Labute approximate surface area is 163 Å². The molecule has 0 amide bonds. The van der Waals surface area contributed by atoms with Crippen molar-refractivity contribution in [3.8, 4) is 11.5 Å². The summed E-state index contributed by atoms with van der Waals surface area (Å²) in [4.78, 5) is 14.6. The summed E-state index contributed by atoms with van der Waals surface area (Å²) in [7, 11) is 0. The first-order valence-corrected chi connectivity index (χ1v) is 9.70. The van der Waals surface area contributed by atoms with Gasteiger partial charge in [0.25, 0.3) is 0 Å². The van der Waals surface area contributed by atoms with Crippen molar-refractivity contribution in [2.75, 3.05) is 19.7 Å². The van der Waals surface area contributed by atoms with Crippen molar-refractivity contribution in [3.05, 3.63) is 59.9 Å². The summed E-state index contributed by atoms with van der Waals surface area (Å²) in [5.74, 6) is 1.05. The molecule has 0 spiro atoms. The van der Waals surface area contributed by atoms with Crippen molar-refractivity contribution in [2.45, 2.75) is 31.6 Å². The maximum Gasteiger partial charge on any atom is 0.166 e. The molecule has 0 aliphatic carbocycles. The molecular weight excluding hydrogens is 361 g/mol. The number of hydrogen-bond acceptors (Lipinski definition) is 5. The highest BCUT2D eigenvalue weighted by Gasteiger charge is 2.31. The van der Waals surface area contributed by atoms with Gasteiger partial charge in [-0.25, -0.2) is 4.39 Å². The minimum atomic E-state index is -0.638. The molecule has 5 nitrogen and oxygen atoms in total. The van der Waals surface area contributed by atoms with Gasteiger partial charge < -0.3 is 14.6 Å². The lowest BCUT2D eigenvalue weighted by Gasteiger charge is -2.36. The Balaban J connectivity index is 1.28. The number of carbonyl (C=O) groups is 1. The zero-order valence-corrected chi connectivity index (χ0v) is 15.6. The largest absolute Gasteiger partial charge is 0.486 e. The first kappa shape index (κ1) is 18.9. The highest BCUT2D eigenvalue weighted by molar-refractivity contribution is 5.97. The van der Waals surface area contributed by atoms with Crippen LogP contribution in [-0.4, -0.2) is 47.8 Å². The number of rotatable bonds is 5. The van der Waals surface area contributed by atoms with Crippen LogP contribution in [0.4, 0.5) is 4.39 Å². The first-order valence-electron chi connectivity index (χ1n) is 9.70. The molecule has 2 aliphatic rings. The maximum absolute atomic E-state index is 13.0. The van der Waals surface area contributed by atoms with E-state index in [0.717, 1.165) is 5.75 Å². The van der Waals surface area contributed by atoms with Gasteiger partial charge in [0.2, 0.25) is 0 Å². The number of carbonyl (C=O) groups excluding carboxylic acids is 1. The number of Topliss-reactive ketones (excluding diaryl/α,β-unsaturated/α-hetero) is 1. The molecule has 1 N–H and O–H groups in total. The molecule has 0 saturated carbocycles. The lowest BCUT2D eigenvalue weighted by Crippen LogP contribution is -2.46. The van der Waals surface area contributed by atoms with Crippen molar-refractivity contribution in [2.24, 2.45) is 5.92 Å². The van der Waals surface area contributed by atoms with Gasteiger partial charge in [0.05, 0.1) is 0 Å². The average molecular weight is 385 g/mol. The number of fused-ring (bicyclic) bond motifs is 1. The summed E-state index contributed by atoms with van der Waals surface area (Å²) in [5, 5.41) is 10.6. The number of aliphatic hydroxyl groups excluding tert-OH is 1. The van der Waals surface area contributed by atoms with Crippen LogP contribution in [-0.2, 0) is 0 Å². The SMILES string of the molecule is O=C(c1ccc(F)cc1)C1CCN(C(O)CC2COc3ccccc3O2)CC1. The molecule has 4 rings (SSSR count). The smallest absolute Gasteiger partial charge is 0.166 e. The van der Waals surface area contributed by atoms with Gasteiger partial charge in [0, 0.05) is 31.0 Å². The number of piperidine rings is 1. The van der Waals surface area contributed by atoms with Crippen LogP contribution in [0.5, 0.6) is 11.5 Å². The molecule has 0 aromatic heterocycles. The second-order valence-electron chi connectivity index (χ2n) is 7.40. The Morgan fingerprint density at radius 2 is 1.79 bits per heavy atom. The van der Waals surface area contributed by atoms with Crippen LogP contribution in [0.2, 0.25) is 0 Å². The topological polar surface area (TPSA) is 59.0 Å². The van der Waals surface area contributed by atoms with Crippen LogP contribution in [0.1, 0.15) is 29.6 Å². The number of likely N-dealkylation sites (tertiary alicyclic amines) is 1. The highest BCUT2D eigenvalue weighted by atomic mass is 19.1. The van der Waals surface area contributed by atoms with Crippen molar-refractivity contribution in [3.63, 3.8) is 0 Å². The molecule has 1 saturated heterocycles. The fourth-order valence-electron chi connectivity index (χ4n) is 3.87. The third-order valence-corrected chi connectivity index (χ3v) is 5.49. The van der Waals surface area contributed by atoms with Gasteiger partial charge in [-0.3, -0.25) is 9.69 Å². The number of aliphatic hydroxyl groups is 1. The normalized spacial score (nSPS) is 21.3. The molecule has 0 radical (unpaired) electrons. The molecule has 2 aromatic rings. The van der Waals surface area contributed by atoms with Crippen LogP contribution in [0, 0.1) is 11.7 Å². The number of halogens is 1. The molecule has 1 fully saturated rings. The van der Waals surface area contributed by atoms with E-state index in [4.69, 9.17) is 9.47 Å². The summed E-state index contributed by atoms with van der Waals surface area (Å²) < 4.78 is 24.7. The lowest BCUT2D eigenvalue weighted by atomic mass is 9.88. The van der Waals surface area contributed by atoms with Crippen LogP contribution in [0.3, 0.4) is 0 Å². The van der Waals surface area contributed by atoms with Crippen molar-refractivity contribution >= 4 is 5.78 Å². The molecule has 0 bridgehead atoms. The number of ether oxygens (including phenoxy) is 2. The molecule has 2 aliphatic heterocycles. The van der Waals surface area contributed by atoms with Crippen molar-refractivity contribution in [1.82, 2.24) is 4.90 Å². The Morgan fingerprint density at radius 3 is 2.50 bits per heavy atom. The van der Waals surface area contributed by atoms with E-state index in [1.54, 1.807) is 0 Å². The Hall–Kier alpha value is -2.44. The first-order chi connectivity index (χ1) is 13.6. The van der Waals surface area contributed by atoms with Crippen LogP contribution < -0.4 is 9.47 Å². The van der Waals surface area contributed by atoms with Gasteiger partial charge in [0.15, 0.2) is 17.3 Å². The summed E-state index contributed by atoms with van der Waals surface area (Å²) in [6.07, 6.45) is 0.963. The molecular formula is C22H24FNO4. The molecule has 148 valence electrons. The third kappa shape index (κ3) is 4.18. The predicted octanol–water partition coefficient (Wildman–Crippen LogP) is 3.27. The zero-order valence-electron chi connectivity index (χ0n) is 15.6. The average Bonchev–Trinajstić information content (AvgIpc) is 2.74. The quantitative estimate of drug-likeness (QED) is 0.801. The molecule has 2 heterocycles. The van der Waals surface area contributed by atoms with Gasteiger partial charge in [-0.15, -0.1) is 0 Å². The van der Waals surface area contributed by atoms with E-state index in [-0.39, 0.29) is 23.6 Å². The second-order valence-corrected chi connectivity index (χ2v) is 7.40. The molecule has 28 heavy (non-hydrogen) atoms. The molecule has 2 aromatic carbocycles. The predicted molar refractivity (Wildman–Crippen MR) is 102 cm³/mol. The summed E-state index contributed by atoms with van der Waals surface area (Å²) in [6.45, 7) is 1.69. The summed E-state index contributed by atoms with van der Waals surface area (Å²) in [6, 6.07) is 13.2. The Morgan fingerprint density at radius 1 is 1.11 bits per heavy atom. The maximum atomic E-state index is 13.0. The number of hydrogen-bond donors (Lipinski definition) is 1. The van der Waals surface area contributed by atoms with Crippen molar-refractivity contribution in [1.29, 1.82) is 0 Å². The Bertz CT molecular complexity index is 818. The van der Waals surface area contributed by atoms with E-state index < -0.39 is 6.23 Å². The minimum absolute atomic E-state index is 0.0507. The van der Waals surface area contributed by atoms with Crippen LogP contribution in [0.15, 0.2) is 48.5 Å². The molecule has 2 atom stereocenters. The second kappa shape index (κ2) is 8.29. The van der Waals surface area contributed by atoms with Gasteiger partial charge >= 0.3 is 0 Å². The van der Waals surface area contributed by atoms with Crippen molar-refractivity contribution < 1.29 is 23.8 Å². The lowest BCUT2D eigenvalue weighted by molar-refractivity contribution is -0.0508. The number of para-hydroxylation sites is 2. The van der Waals surface area contributed by atoms with E-state index in [2.05, 4.69) is 0 Å². The monoisotopic (exact) mass is 385 g/mol. The van der Waals surface area contributed by atoms with E-state index in [9.17, 15) is 14.3 Å².